The van der Waals surface area contributed by atoms with Crippen LogP contribution in [-0.2, 0) is 16.1 Å². The van der Waals surface area contributed by atoms with Crippen molar-refractivity contribution in [1.29, 1.82) is 0 Å². The van der Waals surface area contributed by atoms with Crippen LogP contribution in [-0.4, -0.2) is 23.3 Å². The molecule has 0 bridgehead atoms. The molecule has 0 aliphatic heterocycles. The van der Waals surface area contributed by atoms with Gasteiger partial charge in [-0.05, 0) is 36.2 Å². The van der Waals surface area contributed by atoms with Crippen molar-refractivity contribution < 1.29 is 9.59 Å². The quantitative estimate of drug-likeness (QED) is 0.866. The fourth-order valence-electron chi connectivity index (χ4n) is 2.21. The minimum atomic E-state index is -0.207. The van der Waals surface area contributed by atoms with Gasteiger partial charge in [-0.2, -0.15) is 0 Å². The molecule has 0 aliphatic rings. The lowest BCUT2D eigenvalue weighted by Crippen LogP contribution is -2.36. The van der Waals surface area contributed by atoms with E-state index in [0.717, 1.165) is 21.3 Å². The average molecular weight is 375 g/mol. The first-order chi connectivity index (χ1) is 11.0. The molecule has 0 fully saturated rings. The van der Waals surface area contributed by atoms with Crippen LogP contribution in [0.4, 0.5) is 5.69 Å². The molecule has 2 amide bonds. The third kappa shape index (κ3) is 5.21. The maximum atomic E-state index is 12.2. The number of hydrogen-bond donors (Lipinski definition) is 1. The van der Waals surface area contributed by atoms with E-state index in [0.29, 0.717) is 6.54 Å². The second-order valence-corrected chi connectivity index (χ2v) is 6.28. The van der Waals surface area contributed by atoms with E-state index in [1.807, 2.05) is 55.5 Å². The van der Waals surface area contributed by atoms with Crippen LogP contribution in [0.15, 0.2) is 53.0 Å². The summed E-state index contributed by atoms with van der Waals surface area (Å²) in [6.45, 7) is 3.84. The van der Waals surface area contributed by atoms with Crippen molar-refractivity contribution in [3.8, 4) is 0 Å². The van der Waals surface area contributed by atoms with Crippen LogP contribution in [0.2, 0.25) is 0 Å². The highest BCUT2D eigenvalue weighted by molar-refractivity contribution is 9.10. The lowest BCUT2D eigenvalue weighted by Gasteiger charge is -2.21. The maximum Gasteiger partial charge on any atom is 0.244 e. The summed E-state index contributed by atoms with van der Waals surface area (Å²) in [5.74, 6) is -0.335. The van der Waals surface area contributed by atoms with E-state index in [1.165, 1.54) is 11.8 Å². The Morgan fingerprint density at radius 3 is 2.43 bits per heavy atom. The molecule has 0 aromatic heterocycles. The number of benzene rings is 2. The van der Waals surface area contributed by atoms with Crippen LogP contribution >= 0.6 is 15.9 Å². The van der Waals surface area contributed by atoms with Gasteiger partial charge in [0.15, 0.2) is 0 Å². The molecule has 0 saturated carbocycles. The molecule has 0 unspecified atom stereocenters. The SMILES string of the molecule is CC(=O)N(CC(=O)Nc1ccc(Br)cc1C)Cc1ccccc1. The lowest BCUT2D eigenvalue weighted by atomic mass is 10.2. The number of carbonyl (C=O) groups is 2. The fourth-order valence-corrected chi connectivity index (χ4v) is 2.69. The molecular formula is C18H19BrN2O2. The zero-order valence-corrected chi connectivity index (χ0v) is 14.8. The normalized spacial score (nSPS) is 10.2. The van der Waals surface area contributed by atoms with Gasteiger partial charge in [0.25, 0.3) is 0 Å². The molecule has 120 valence electrons. The van der Waals surface area contributed by atoms with Gasteiger partial charge in [-0.1, -0.05) is 46.3 Å². The van der Waals surface area contributed by atoms with Crippen LogP contribution in [0.25, 0.3) is 0 Å². The molecule has 23 heavy (non-hydrogen) atoms. The third-order valence-electron chi connectivity index (χ3n) is 3.46. The molecule has 0 saturated heterocycles. The molecule has 0 radical (unpaired) electrons. The zero-order valence-electron chi connectivity index (χ0n) is 13.2. The highest BCUT2D eigenvalue weighted by Crippen LogP contribution is 2.20. The summed E-state index contributed by atoms with van der Waals surface area (Å²) in [6.07, 6.45) is 0. The van der Waals surface area contributed by atoms with Crippen molar-refractivity contribution in [3.63, 3.8) is 0 Å². The zero-order chi connectivity index (χ0) is 16.8. The van der Waals surface area contributed by atoms with E-state index in [-0.39, 0.29) is 18.4 Å². The second kappa shape index (κ2) is 7.92. The van der Waals surface area contributed by atoms with E-state index in [2.05, 4.69) is 21.2 Å². The molecule has 2 rings (SSSR count). The first kappa shape index (κ1) is 17.2. The predicted octanol–water partition coefficient (Wildman–Crippen LogP) is 3.74. The summed E-state index contributed by atoms with van der Waals surface area (Å²) < 4.78 is 0.961. The van der Waals surface area contributed by atoms with Gasteiger partial charge in [0, 0.05) is 23.6 Å². The van der Waals surface area contributed by atoms with E-state index in [1.54, 1.807) is 0 Å². The van der Waals surface area contributed by atoms with Crippen LogP contribution < -0.4 is 5.32 Å². The smallest absolute Gasteiger partial charge is 0.244 e. The van der Waals surface area contributed by atoms with Gasteiger partial charge in [0.05, 0.1) is 0 Å². The topological polar surface area (TPSA) is 49.4 Å². The van der Waals surface area contributed by atoms with Crippen LogP contribution in [0.3, 0.4) is 0 Å². The average Bonchev–Trinajstić information content (AvgIpc) is 2.50. The summed E-state index contributed by atoms with van der Waals surface area (Å²) in [5.41, 5.74) is 2.71. The Bertz CT molecular complexity index is 701. The Morgan fingerprint density at radius 1 is 1.13 bits per heavy atom. The summed E-state index contributed by atoms with van der Waals surface area (Å²) in [7, 11) is 0. The first-order valence-corrected chi connectivity index (χ1v) is 8.10. The van der Waals surface area contributed by atoms with Crippen molar-refractivity contribution >= 4 is 33.4 Å². The van der Waals surface area contributed by atoms with Gasteiger partial charge in [-0.25, -0.2) is 0 Å². The Labute approximate surface area is 144 Å². The van der Waals surface area contributed by atoms with Gasteiger partial charge in [0.1, 0.15) is 6.54 Å². The monoisotopic (exact) mass is 374 g/mol. The highest BCUT2D eigenvalue weighted by Gasteiger charge is 2.14. The van der Waals surface area contributed by atoms with Crippen molar-refractivity contribution in [1.82, 2.24) is 4.90 Å². The molecule has 2 aromatic rings. The molecule has 0 atom stereocenters. The van der Waals surface area contributed by atoms with E-state index in [9.17, 15) is 9.59 Å². The number of amides is 2. The minimum absolute atomic E-state index is 0.0275. The largest absolute Gasteiger partial charge is 0.329 e. The summed E-state index contributed by atoms with van der Waals surface area (Å²) in [5, 5.41) is 2.85. The number of anilines is 1. The predicted molar refractivity (Wildman–Crippen MR) is 95.0 cm³/mol. The van der Waals surface area contributed by atoms with Crippen molar-refractivity contribution in [2.45, 2.75) is 20.4 Å². The number of halogens is 1. The van der Waals surface area contributed by atoms with Crippen molar-refractivity contribution in [3.05, 3.63) is 64.1 Å². The Balaban J connectivity index is 2.02. The number of rotatable bonds is 5. The second-order valence-electron chi connectivity index (χ2n) is 5.37. The number of nitrogens with one attached hydrogen (secondary N) is 1. The standard InChI is InChI=1S/C18H19BrN2O2/c1-13-10-16(19)8-9-17(13)20-18(23)12-21(14(2)22)11-15-6-4-3-5-7-15/h3-10H,11-12H2,1-2H3,(H,20,23). The lowest BCUT2D eigenvalue weighted by molar-refractivity contribution is -0.133. The van der Waals surface area contributed by atoms with E-state index >= 15 is 0 Å². The Hall–Kier alpha value is -2.14. The summed E-state index contributed by atoms with van der Waals surface area (Å²) in [4.78, 5) is 25.6. The van der Waals surface area contributed by atoms with E-state index in [4.69, 9.17) is 0 Å². The first-order valence-electron chi connectivity index (χ1n) is 7.31. The molecule has 5 heteroatoms. The van der Waals surface area contributed by atoms with Gasteiger partial charge >= 0.3 is 0 Å². The molecule has 0 heterocycles. The molecule has 0 spiro atoms. The van der Waals surface area contributed by atoms with Crippen molar-refractivity contribution in [2.75, 3.05) is 11.9 Å². The minimum Gasteiger partial charge on any atom is -0.329 e. The van der Waals surface area contributed by atoms with E-state index < -0.39 is 0 Å². The number of carbonyl (C=O) groups excluding carboxylic acids is 2. The molecule has 4 nitrogen and oxygen atoms in total. The number of nitrogens with zero attached hydrogens (tertiary/aromatic N) is 1. The summed E-state index contributed by atoms with van der Waals surface area (Å²) in [6, 6.07) is 15.3. The van der Waals surface area contributed by atoms with Crippen LogP contribution in [0, 0.1) is 6.92 Å². The van der Waals surface area contributed by atoms with Gasteiger partial charge in [-0.3, -0.25) is 9.59 Å². The van der Waals surface area contributed by atoms with Crippen molar-refractivity contribution in [2.24, 2.45) is 0 Å². The molecule has 1 N–H and O–H groups in total. The molecule has 0 aliphatic carbocycles. The Morgan fingerprint density at radius 2 is 1.83 bits per heavy atom. The molecule has 2 aromatic carbocycles. The summed E-state index contributed by atoms with van der Waals surface area (Å²) >= 11 is 3.39. The van der Waals surface area contributed by atoms with Gasteiger partial charge in [0.2, 0.25) is 11.8 Å². The number of hydrogen-bond acceptors (Lipinski definition) is 2. The van der Waals surface area contributed by atoms with Crippen LogP contribution in [0.1, 0.15) is 18.1 Å². The van der Waals surface area contributed by atoms with Crippen LogP contribution in [0.5, 0.6) is 0 Å². The highest BCUT2D eigenvalue weighted by atomic mass is 79.9. The van der Waals surface area contributed by atoms with Gasteiger partial charge < -0.3 is 10.2 Å². The fraction of sp³-hybridized carbons (Fsp3) is 0.222. The molecular weight excluding hydrogens is 356 g/mol. The third-order valence-corrected chi connectivity index (χ3v) is 3.95. The van der Waals surface area contributed by atoms with Gasteiger partial charge in [-0.15, -0.1) is 0 Å². The Kier molecular flexibility index (Phi) is 5.93. The number of aryl methyl sites for hydroxylation is 1. The maximum absolute atomic E-state index is 12.2.